The molecule has 0 aliphatic carbocycles. The van der Waals surface area contributed by atoms with Gasteiger partial charge in [0.15, 0.2) is 23.0 Å². The van der Waals surface area contributed by atoms with Gasteiger partial charge in [-0.25, -0.2) is 0 Å². The van der Waals surface area contributed by atoms with E-state index in [1.165, 1.54) is 27.9 Å². The summed E-state index contributed by atoms with van der Waals surface area (Å²) in [7, 11) is 1.47. The van der Waals surface area contributed by atoms with Crippen LogP contribution in [0, 0.1) is 0 Å². The lowest BCUT2D eigenvalue weighted by atomic mass is 9.89. The Hall–Kier alpha value is -4.27. The number of fused-ring (bicyclic) bond motifs is 3. The van der Waals surface area contributed by atoms with Crippen LogP contribution in [0.5, 0.6) is 23.0 Å². The van der Waals surface area contributed by atoms with E-state index in [1.54, 1.807) is 24.3 Å². The molecule has 0 amide bonds. The Morgan fingerprint density at radius 1 is 0.857 bits per heavy atom. The quantitative estimate of drug-likeness (QED) is 0.361. The van der Waals surface area contributed by atoms with Crippen molar-refractivity contribution in [2.45, 2.75) is 34.0 Å². The summed E-state index contributed by atoms with van der Waals surface area (Å²) in [4.78, 5) is 34.8. The topological polar surface area (TPSA) is 107 Å². The Morgan fingerprint density at radius 2 is 1.60 bits per heavy atom. The fourth-order valence-electron chi connectivity index (χ4n) is 3.98. The normalized spacial score (nSPS) is 11.8. The second-order valence-corrected chi connectivity index (χ2v) is 7.81. The SMILES string of the molecule is COc1cc(-c2c(COC(C)=O)c(COC(C)=O)cc3ccc4c(c23)OCO4)ccc1OC(C)=O. The molecule has 3 aromatic carbocycles. The van der Waals surface area contributed by atoms with E-state index < -0.39 is 17.9 Å². The Bertz CT molecular complexity index is 1330. The zero-order chi connectivity index (χ0) is 25.1. The monoisotopic (exact) mass is 480 g/mol. The molecule has 4 rings (SSSR count). The minimum atomic E-state index is -0.483. The Kier molecular flexibility index (Phi) is 6.77. The number of carbonyl (C=O) groups is 3. The van der Waals surface area contributed by atoms with Crippen LogP contribution in [0.4, 0.5) is 0 Å². The minimum absolute atomic E-state index is 0.0218. The molecule has 9 heteroatoms. The molecule has 35 heavy (non-hydrogen) atoms. The number of hydrogen-bond acceptors (Lipinski definition) is 9. The maximum absolute atomic E-state index is 11.7. The number of methoxy groups -OCH3 is 1. The van der Waals surface area contributed by atoms with Gasteiger partial charge >= 0.3 is 17.9 Å². The van der Waals surface area contributed by atoms with E-state index in [9.17, 15) is 14.4 Å². The molecule has 1 aliphatic heterocycles. The highest BCUT2D eigenvalue weighted by molar-refractivity contribution is 6.05. The highest BCUT2D eigenvalue weighted by atomic mass is 16.7. The van der Waals surface area contributed by atoms with Crippen LogP contribution >= 0.6 is 0 Å². The molecule has 0 bridgehead atoms. The first-order valence-electron chi connectivity index (χ1n) is 10.8. The van der Waals surface area contributed by atoms with Gasteiger partial charge in [0.1, 0.15) is 13.2 Å². The maximum atomic E-state index is 11.7. The molecule has 3 aromatic rings. The first-order valence-corrected chi connectivity index (χ1v) is 10.8. The van der Waals surface area contributed by atoms with Gasteiger partial charge in [-0.2, -0.15) is 0 Å². The Labute approximate surface area is 201 Å². The molecule has 1 aliphatic rings. The van der Waals surface area contributed by atoms with Gasteiger partial charge < -0.3 is 28.4 Å². The molecule has 0 N–H and O–H groups in total. The van der Waals surface area contributed by atoms with Crippen LogP contribution in [0.1, 0.15) is 31.9 Å². The van der Waals surface area contributed by atoms with Gasteiger partial charge in [-0.05, 0) is 40.8 Å². The second kappa shape index (κ2) is 9.92. The lowest BCUT2D eigenvalue weighted by molar-refractivity contribution is -0.143. The molecule has 0 saturated heterocycles. The van der Waals surface area contributed by atoms with Crippen LogP contribution < -0.4 is 18.9 Å². The standard InChI is InChI=1S/C26H24O9/c1-14(27)31-11-19-9-17-6-8-22-26(34-13-33-22)25(17)24(20(19)12-32-15(2)28)18-5-7-21(35-16(3)29)23(10-18)30-4/h5-10H,11-13H2,1-4H3. The molecule has 0 atom stereocenters. The van der Waals surface area contributed by atoms with E-state index in [-0.39, 0.29) is 25.8 Å². The average Bonchev–Trinajstić information content (AvgIpc) is 3.29. The summed E-state index contributed by atoms with van der Waals surface area (Å²) >= 11 is 0. The largest absolute Gasteiger partial charge is 0.493 e. The van der Waals surface area contributed by atoms with E-state index in [2.05, 4.69) is 0 Å². The van der Waals surface area contributed by atoms with Crippen molar-refractivity contribution in [3.05, 3.63) is 47.5 Å². The van der Waals surface area contributed by atoms with Crippen LogP contribution in [-0.4, -0.2) is 31.8 Å². The number of rotatable bonds is 7. The minimum Gasteiger partial charge on any atom is -0.493 e. The van der Waals surface area contributed by atoms with Crippen molar-refractivity contribution in [3.63, 3.8) is 0 Å². The molecule has 9 nitrogen and oxygen atoms in total. The predicted molar refractivity (Wildman–Crippen MR) is 124 cm³/mol. The first-order chi connectivity index (χ1) is 16.8. The van der Waals surface area contributed by atoms with Gasteiger partial charge in [-0.15, -0.1) is 0 Å². The van der Waals surface area contributed by atoms with Crippen molar-refractivity contribution >= 4 is 28.7 Å². The summed E-state index contributed by atoms with van der Waals surface area (Å²) in [6, 6.07) is 10.7. The molecule has 0 fully saturated rings. The number of ether oxygens (including phenoxy) is 6. The van der Waals surface area contributed by atoms with Crippen molar-refractivity contribution in [2.24, 2.45) is 0 Å². The van der Waals surface area contributed by atoms with Crippen molar-refractivity contribution < 1.29 is 42.8 Å². The van der Waals surface area contributed by atoms with Crippen molar-refractivity contribution in [3.8, 4) is 34.1 Å². The van der Waals surface area contributed by atoms with Crippen molar-refractivity contribution in [1.82, 2.24) is 0 Å². The number of carbonyl (C=O) groups excluding carboxylic acids is 3. The van der Waals surface area contributed by atoms with Crippen LogP contribution in [0.15, 0.2) is 36.4 Å². The van der Waals surface area contributed by atoms with Gasteiger partial charge in [0, 0.05) is 37.3 Å². The third-order valence-corrected chi connectivity index (χ3v) is 5.40. The molecule has 0 saturated carbocycles. The highest BCUT2D eigenvalue weighted by Gasteiger charge is 2.25. The third kappa shape index (κ3) is 4.98. The number of benzene rings is 3. The van der Waals surface area contributed by atoms with E-state index in [0.717, 1.165) is 10.8 Å². The molecule has 0 spiro atoms. The van der Waals surface area contributed by atoms with Crippen LogP contribution in [0.3, 0.4) is 0 Å². The van der Waals surface area contributed by atoms with E-state index >= 15 is 0 Å². The van der Waals surface area contributed by atoms with Gasteiger partial charge in [0.05, 0.1) is 7.11 Å². The lowest BCUT2D eigenvalue weighted by Gasteiger charge is -2.20. The van der Waals surface area contributed by atoms with Gasteiger partial charge in [-0.1, -0.05) is 12.1 Å². The summed E-state index contributed by atoms with van der Waals surface area (Å²) in [5.41, 5.74) is 2.64. The maximum Gasteiger partial charge on any atom is 0.308 e. The van der Waals surface area contributed by atoms with Crippen LogP contribution in [-0.2, 0) is 37.1 Å². The summed E-state index contributed by atoms with van der Waals surface area (Å²) < 4.78 is 32.8. The summed E-state index contributed by atoms with van der Waals surface area (Å²) in [6.07, 6.45) is 0. The summed E-state index contributed by atoms with van der Waals surface area (Å²) in [5.74, 6) is 0.328. The number of esters is 3. The molecule has 0 radical (unpaired) electrons. The molecule has 0 unspecified atom stereocenters. The molecular formula is C26H24O9. The molecule has 1 heterocycles. The Morgan fingerprint density at radius 3 is 2.29 bits per heavy atom. The van der Waals surface area contributed by atoms with Gasteiger partial charge in [0.2, 0.25) is 6.79 Å². The van der Waals surface area contributed by atoms with Crippen molar-refractivity contribution in [1.29, 1.82) is 0 Å². The lowest BCUT2D eigenvalue weighted by Crippen LogP contribution is -2.08. The fourth-order valence-corrected chi connectivity index (χ4v) is 3.98. The average molecular weight is 480 g/mol. The van der Waals surface area contributed by atoms with E-state index in [0.29, 0.717) is 39.5 Å². The second-order valence-electron chi connectivity index (χ2n) is 7.81. The Balaban J connectivity index is 2.02. The first kappa shape index (κ1) is 23.9. The zero-order valence-electron chi connectivity index (χ0n) is 19.8. The van der Waals surface area contributed by atoms with E-state index in [4.69, 9.17) is 28.4 Å². The predicted octanol–water partition coefficient (Wildman–Crippen LogP) is 4.30. The smallest absolute Gasteiger partial charge is 0.308 e. The fraction of sp³-hybridized carbons (Fsp3) is 0.269. The molecule has 182 valence electrons. The summed E-state index contributed by atoms with van der Waals surface area (Å²) in [6.45, 7) is 3.92. The van der Waals surface area contributed by atoms with Crippen LogP contribution in [0.2, 0.25) is 0 Å². The highest BCUT2D eigenvalue weighted by Crippen LogP contribution is 2.47. The van der Waals surface area contributed by atoms with Crippen molar-refractivity contribution in [2.75, 3.05) is 13.9 Å². The van der Waals surface area contributed by atoms with Gasteiger partial charge in [0.25, 0.3) is 0 Å². The van der Waals surface area contributed by atoms with E-state index in [1.807, 2.05) is 12.1 Å². The zero-order valence-corrected chi connectivity index (χ0v) is 19.8. The third-order valence-electron chi connectivity index (χ3n) is 5.40. The summed E-state index contributed by atoms with van der Waals surface area (Å²) in [5, 5.41) is 1.54. The number of hydrogen-bond donors (Lipinski definition) is 0. The van der Waals surface area contributed by atoms with Crippen LogP contribution in [0.25, 0.3) is 21.9 Å². The molecular weight excluding hydrogens is 456 g/mol. The molecule has 0 aromatic heterocycles. The van der Waals surface area contributed by atoms with Gasteiger partial charge in [-0.3, -0.25) is 14.4 Å².